The minimum Gasteiger partial charge on any atom is -0.497 e. The second-order valence-electron chi connectivity index (χ2n) is 6.87. The number of alkyl halides is 3. The maximum absolute atomic E-state index is 13.0. The van der Waals surface area contributed by atoms with E-state index in [0.717, 1.165) is 40.3 Å². The standard InChI is InChI=1S/C24H19F3N2O/c1-29-23(18-10-14-20(30-2)15-11-18)21(16-6-4-3-5-7-16)22(28-29)17-8-12-19(13-9-17)24(25,26)27/h3-15H,1-2H3. The average molecular weight is 408 g/mol. The maximum atomic E-state index is 13.0. The summed E-state index contributed by atoms with van der Waals surface area (Å²) in [5.41, 5.74) is 4.18. The first-order chi connectivity index (χ1) is 14.4. The van der Waals surface area contributed by atoms with Crippen molar-refractivity contribution in [2.24, 2.45) is 7.05 Å². The van der Waals surface area contributed by atoms with Crippen LogP contribution in [0.15, 0.2) is 78.9 Å². The van der Waals surface area contributed by atoms with E-state index in [1.807, 2.05) is 61.6 Å². The van der Waals surface area contributed by atoms with Crippen LogP contribution in [-0.4, -0.2) is 16.9 Å². The lowest BCUT2D eigenvalue weighted by molar-refractivity contribution is -0.137. The molecule has 0 unspecified atom stereocenters. The summed E-state index contributed by atoms with van der Waals surface area (Å²) in [6.07, 6.45) is -4.38. The summed E-state index contributed by atoms with van der Waals surface area (Å²) < 4.78 is 46.0. The minimum atomic E-state index is -4.38. The van der Waals surface area contributed by atoms with Crippen molar-refractivity contribution in [1.82, 2.24) is 9.78 Å². The molecule has 0 spiro atoms. The van der Waals surface area contributed by atoms with Crippen LogP contribution in [0.4, 0.5) is 13.2 Å². The second kappa shape index (κ2) is 7.71. The Bertz CT molecular complexity index is 1150. The third-order valence-electron chi connectivity index (χ3n) is 4.96. The molecule has 0 fully saturated rings. The predicted octanol–water partition coefficient (Wildman–Crippen LogP) is 6.45. The molecule has 0 radical (unpaired) electrons. The largest absolute Gasteiger partial charge is 0.497 e. The highest BCUT2D eigenvalue weighted by atomic mass is 19.4. The number of ether oxygens (including phenoxy) is 1. The average Bonchev–Trinajstić information content (AvgIpc) is 3.11. The van der Waals surface area contributed by atoms with Crippen molar-refractivity contribution in [3.63, 3.8) is 0 Å². The van der Waals surface area contributed by atoms with Gasteiger partial charge < -0.3 is 4.74 Å². The van der Waals surface area contributed by atoms with Crippen LogP contribution in [0.1, 0.15) is 5.56 Å². The van der Waals surface area contributed by atoms with Gasteiger partial charge in [0.25, 0.3) is 0 Å². The van der Waals surface area contributed by atoms with Crippen LogP contribution in [-0.2, 0) is 13.2 Å². The second-order valence-corrected chi connectivity index (χ2v) is 6.87. The molecule has 6 heteroatoms. The van der Waals surface area contributed by atoms with Gasteiger partial charge >= 0.3 is 6.18 Å². The van der Waals surface area contributed by atoms with Crippen LogP contribution >= 0.6 is 0 Å². The minimum absolute atomic E-state index is 0.622. The molecule has 0 aliphatic heterocycles. The summed E-state index contributed by atoms with van der Waals surface area (Å²) in [5, 5.41) is 4.67. The van der Waals surface area contributed by atoms with Gasteiger partial charge in [0.05, 0.1) is 18.4 Å². The zero-order valence-corrected chi connectivity index (χ0v) is 16.4. The Morgan fingerprint density at radius 2 is 1.37 bits per heavy atom. The lowest BCUT2D eigenvalue weighted by Gasteiger charge is -2.10. The molecule has 0 aliphatic rings. The van der Waals surface area contributed by atoms with Crippen molar-refractivity contribution in [3.8, 4) is 39.4 Å². The van der Waals surface area contributed by atoms with Gasteiger partial charge in [-0.15, -0.1) is 0 Å². The summed E-state index contributed by atoms with van der Waals surface area (Å²) in [5.74, 6) is 0.741. The maximum Gasteiger partial charge on any atom is 0.416 e. The number of halogens is 3. The zero-order valence-electron chi connectivity index (χ0n) is 16.4. The quantitative estimate of drug-likeness (QED) is 0.388. The van der Waals surface area contributed by atoms with Crippen LogP contribution in [0, 0.1) is 0 Å². The van der Waals surface area contributed by atoms with Gasteiger partial charge in [0, 0.05) is 23.7 Å². The van der Waals surface area contributed by atoms with Gasteiger partial charge in [-0.2, -0.15) is 18.3 Å². The molecule has 4 rings (SSSR count). The van der Waals surface area contributed by atoms with Crippen LogP contribution in [0.5, 0.6) is 5.75 Å². The van der Waals surface area contributed by atoms with Crippen molar-refractivity contribution in [3.05, 3.63) is 84.4 Å². The van der Waals surface area contributed by atoms with Crippen LogP contribution in [0.25, 0.3) is 33.6 Å². The highest BCUT2D eigenvalue weighted by Crippen LogP contribution is 2.40. The number of aromatic nitrogens is 2. The third-order valence-corrected chi connectivity index (χ3v) is 4.96. The molecule has 0 aliphatic carbocycles. The number of benzene rings is 3. The Hall–Kier alpha value is -3.54. The van der Waals surface area contributed by atoms with Crippen molar-refractivity contribution in [1.29, 1.82) is 0 Å². The van der Waals surface area contributed by atoms with E-state index in [0.29, 0.717) is 11.3 Å². The molecule has 3 nitrogen and oxygen atoms in total. The summed E-state index contributed by atoms with van der Waals surface area (Å²) in [4.78, 5) is 0. The number of aryl methyl sites for hydroxylation is 1. The molecular weight excluding hydrogens is 389 g/mol. The van der Waals surface area contributed by atoms with Gasteiger partial charge in [0.2, 0.25) is 0 Å². The fourth-order valence-corrected chi connectivity index (χ4v) is 3.50. The fourth-order valence-electron chi connectivity index (χ4n) is 3.50. The Kier molecular flexibility index (Phi) is 5.08. The molecule has 0 saturated carbocycles. The third kappa shape index (κ3) is 3.68. The Morgan fingerprint density at radius 3 is 1.93 bits per heavy atom. The fraction of sp³-hybridized carbons (Fsp3) is 0.125. The molecule has 152 valence electrons. The van der Waals surface area contributed by atoms with E-state index in [-0.39, 0.29) is 0 Å². The van der Waals surface area contributed by atoms with E-state index in [1.54, 1.807) is 11.8 Å². The topological polar surface area (TPSA) is 27.1 Å². The van der Waals surface area contributed by atoms with E-state index in [2.05, 4.69) is 5.10 Å². The summed E-state index contributed by atoms with van der Waals surface area (Å²) >= 11 is 0. The van der Waals surface area contributed by atoms with Crippen LogP contribution in [0.3, 0.4) is 0 Å². The SMILES string of the molecule is COc1ccc(-c2c(-c3ccccc3)c(-c3ccc(C(F)(F)F)cc3)nn2C)cc1. The Morgan fingerprint density at radius 1 is 0.767 bits per heavy atom. The van der Waals surface area contributed by atoms with E-state index in [9.17, 15) is 13.2 Å². The van der Waals surface area contributed by atoms with Crippen molar-refractivity contribution >= 4 is 0 Å². The Balaban J connectivity index is 1.91. The van der Waals surface area contributed by atoms with Crippen molar-refractivity contribution in [2.75, 3.05) is 7.11 Å². The zero-order chi connectivity index (χ0) is 21.3. The molecule has 3 aromatic carbocycles. The number of hydrogen-bond acceptors (Lipinski definition) is 2. The number of hydrogen-bond donors (Lipinski definition) is 0. The smallest absolute Gasteiger partial charge is 0.416 e. The van der Waals surface area contributed by atoms with Gasteiger partial charge in [-0.05, 0) is 42.0 Å². The van der Waals surface area contributed by atoms with Crippen molar-refractivity contribution < 1.29 is 17.9 Å². The van der Waals surface area contributed by atoms with Crippen molar-refractivity contribution in [2.45, 2.75) is 6.18 Å². The first-order valence-corrected chi connectivity index (χ1v) is 9.33. The lowest BCUT2D eigenvalue weighted by Crippen LogP contribution is -2.04. The highest BCUT2D eigenvalue weighted by Gasteiger charge is 2.30. The predicted molar refractivity (Wildman–Crippen MR) is 111 cm³/mol. The molecule has 0 saturated heterocycles. The van der Waals surface area contributed by atoms with E-state index < -0.39 is 11.7 Å². The molecule has 1 aromatic heterocycles. The summed E-state index contributed by atoms with van der Waals surface area (Å²) in [7, 11) is 3.44. The molecule has 0 atom stereocenters. The van der Waals surface area contributed by atoms with E-state index in [1.165, 1.54) is 12.1 Å². The molecule has 4 aromatic rings. The van der Waals surface area contributed by atoms with Gasteiger partial charge in [0.15, 0.2) is 0 Å². The van der Waals surface area contributed by atoms with Gasteiger partial charge in [-0.1, -0.05) is 42.5 Å². The first kappa shape index (κ1) is 19.8. The first-order valence-electron chi connectivity index (χ1n) is 9.33. The number of methoxy groups -OCH3 is 1. The summed E-state index contributed by atoms with van der Waals surface area (Å²) in [6.45, 7) is 0. The molecule has 0 bridgehead atoms. The molecular formula is C24H19F3N2O. The molecule has 0 N–H and O–H groups in total. The molecule has 0 amide bonds. The lowest BCUT2D eigenvalue weighted by atomic mass is 9.95. The normalized spacial score (nSPS) is 11.5. The van der Waals surface area contributed by atoms with Gasteiger partial charge in [-0.25, -0.2) is 0 Å². The van der Waals surface area contributed by atoms with Crippen LogP contribution < -0.4 is 4.74 Å². The number of nitrogens with zero attached hydrogens (tertiary/aromatic N) is 2. The van der Waals surface area contributed by atoms with Crippen LogP contribution in [0.2, 0.25) is 0 Å². The monoisotopic (exact) mass is 408 g/mol. The van der Waals surface area contributed by atoms with E-state index >= 15 is 0 Å². The molecule has 1 heterocycles. The van der Waals surface area contributed by atoms with E-state index in [4.69, 9.17) is 4.74 Å². The van der Waals surface area contributed by atoms with Gasteiger partial charge in [-0.3, -0.25) is 4.68 Å². The summed E-state index contributed by atoms with van der Waals surface area (Å²) in [6, 6.07) is 22.5. The Labute approximate surface area is 172 Å². The highest BCUT2D eigenvalue weighted by molar-refractivity contribution is 5.91. The van der Waals surface area contributed by atoms with Gasteiger partial charge in [0.1, 0.15) is 11.4 Å². The molecule has 30 heavy (non-hydrogen) atoms. The number of rotatable bonds is 4.